The first-order valence-corrected chi connectivity index (χ1v) is 8.62. The lowest BCUT2D eigenvalue weighted by molar-refractivity contribution is -0.139. The van der Waals surface area contributed by atoms with Crippen LogP contribution in [0.2, 0.25) is 0 Å². The Morgan fingerprint density at radius 1 is 1.12 bits per heavy atom. The van der Waals surface area contributed by atoms with Crippen molar-refractivity contribution in [1.29, 1.82) is 0 Å². The number of methoxy groups -OCH3 is 1. The largest absolute Gasteiger partial charge is 0.508 e. The third-order valence-corrected chi connectivity index (χ3v) is 4.72. The zero-order chi connectivity index (χ0) is 18.7. The van der Waals surface area contributed by atoms with E-state index >= 15 is 0 Å². The maximum Gasteiger partial charge on any atom is 0.160 e. The SMILES string of the molecule is COc1cc([C@H]2C[C@H](O)CC([C@@H](O)Cc3ccc(O)cc3)O2)ccc1O. The third-order valence-electron chi connectivity index (χ3n) is 4.72. The highest BCUT2D eigenvalue weighted by molar-refractivity contribution is 5.42. The Balaban J connectivity index is 1.72. The molecule has 0 saturated carbocycles. The molecule has 4 atom stereocenters. The molecule has 0 bridgehead atoms. The molecule has 0 aromatic heterocycles. The van der Waals surface area contributed by atoms with Crippen LogP contribution in [0.25, 0.3) is 0 Å². The van der Waals surface area contributed by atoms with E-state index in [0.29, 0.717) is 25.0 Å². The molecule has 6 nitrogen and oxygen atoms in total. The van der Waals surface area contributed by atoms with Crippen molar-refractivity contribution in [2.24, 2.45) is 0 Å². The average molecular weight is 360 g/mol. The lowest BCUT2D eigenvalue weighted by Crippen LogP contribution is -2.40. The summed E-state index contributed by atoms with van der Waals surface area (Å²) in [6, 6.07) is 11.6. The number of hydrogen-bond donors (Lipinski definition) is 4. The van der Waals surface area contributed by atoms with Gasteiger partial charge in [0.25, 0.3) is 0 Å². The summed E-state index contributed by atoms with van der Waals surface area (Å²) >= 11 is 0. The average Bonchev–Trinajstić information content (AvgIpc) is 2.63. The molecular formula is C20H24O6. The molecule has 140 valence electrons. The van der Waals surface area contributed by atoms with Crippen molar-refractivity contribution in [1.82, 2.24) is 0 Å². The van der Waals surface area contributed by atoms with Gasteiger partial charge in [-0.1, -0.05) is 18.2 Å². The molecule has 0 radical (unpaired) electrons. The van der Waals surface area contributed by atoms with Crippen LogP contribution in [0.4, 0.5) is 0 Å². The highest BCUT2D eigenvalue weighted by atomic mass is 16.5. The molecule has 1 heterocycles. The van der Waals surface area contributed by atoms with E-state index in [2.05, 4.69) is 0 Å². The van der Waals surface area contributed by atoms with Crippen LogP contribution >= 0.6 is 0 Å². The van der Waals surface area contributed by atoms with Gasteiger partial charge in [-0.25, -0.2) is 0 Å². The Morgan fingerprint density at radius 2 is 1.85 bits per heavy atom. The van der Waals surface area contributed by atoms with Crippen LogP contribution < -0.4 is 4.74 Å². The number of rotatable bonds is 5. The van der Waals surface area contributed by atoms with Crippen LogP contribution in [0.5, 0.6) is 17.2 Å². The standard InChI is InChI=1S/C20H24O6/c1-25-19-9-13(4-7-16(19)23)18-10-15(22)11-20(26-18)17(24)8-12-2-5-14(21)6-3-12/h2-7,9,15,17-18,20-24H,8,10-11H2,1H3/t15-,17-,18+,20?/m0/s1. The Labute approximate surface area is 152 Å². The van der Waals surface area contributed by atoms with Gasteiger partial charge in [-0.15, -0.1) is 0 Å². The fourth-order valence-electron chi connectivity index (χ4n) is 3.30. The van der Waals surface area contributed by atoms with E-state index in [4.69, 9.17) is 9.47 Å². The Bertz CT molecular complexity index is 730. The Hall–Kier alpha value is -2.28. The topological polar surface area (TPSA) is 99.4 Å². The van der Waals surface area contributed by atoms with Crippen molar-refractivity contribution >= 4 is 0 Å². The summed E-state index contributed by atoms with van der Waals surface area (Å²) in [7, 11) is 1.47. The van der Waals surface area contributed by atoms with Gasteiger partial charge in [0, 0.05) is 19.3 Å². The van der Waals surface area contributed by atoms with E-state index in [-0.39, 0.29) is 11.5 Å². The van der Waals surface area contributed by atoms with Gasteiger partial charge < -0.3 is 29.9 Å². The zero-order valence-corrected chi connectivity index (χ0v) is 14.6. The lowest BCUT2D eigenvalue weighted by atomic mass is 9.92. The molecule has 1 fully saturated rings. The van der Waals surface area contributed by atoms with Gasteiger partial charge in [-0.2, -0.15) is 0 Å². The Morgan fingerprint density at radius 3 is 2.54 bits per heavy atom. The minimum atomic E-state index is -0.781. The molecule has 6 heteroatoms. The summed E-state index contributed by atoms with van der Waals surface area (Å²) in [6.07, 6.45) is -1.15. The summed E-state index contributed by atoms with van der Waals surface area (Å²) in [4.78, 5) is 0. The molecule has 2 aromatic rings. The van der Waals surface area contributed by atoms with E-state index in [1.165, 1.54) is 13.2 Å². The molecule has 0 spiro atoms. The zero-order valence-electron chi connectivity index (χ0n) is 14.6. The summed E-state index contributed by atoms with van der Waals surface area (Å²) in [5.41, 5.74) is 1.65. The predicted octanol–water partition coefficient (Wildman–Crippen LogP) is 2.29. The number of phenolic OH excluding ortho intramolecular Hbond substituents is 2. The molecule has 4 N–H and O–H groups in total. The van der Waals surface area contributed by atoms with Crippen molar-refractivity contribution in [2.75, 3.05) is 7.11 Å². The number of hydrogen-bond acceptors (Lipinski definition) is 6. The Kier molecular flexibility index (Phi) is 5.66. The maximum absolute atomic E-state index is 10.6. The summed E-state index contributed by atoms with van der Waals surface area (Å²) in [5.74, 6) is 0.554. The van der Waals surface area contributed by atoms with Crippen molar-refractivity contribution in [2.45, 2.75) is 43.7 Å². The molecule has 0 aliphatic carbocycles. The van der Waals surface area contributed by atoms with Gasteiger partial charge in [0.2, 0.25) is 0 Å². The predicted molar refractivity (Wildman–Crippen MR) is 95.3 cm³/mol. The second-order valence-electron chi connectivity index (χ2n) is 6.66. The summed E-state index contributed by atoms with van der Waals surface area (Å²) in [6.45, 7) is 0. The van der Waals surface area contributed by atoms with Crippen LogP contribution in [-0.4, -0.2) is 45.8 Å². The first-order valence-electron chi connectivity index (χ1n) is 8.62. The smallest absolute Gasteiger partial charge is 0.160 e. The molecule has 1 aliphatic heterocycles. The first kappa shape index (κ1) is 18.5. The minimum absolute atomic E-state index is 0.0384. The van der Waals surface area contributed by atoms with Crippen LogP contribution in [0.1, 0.15) is 30.1 Å². The molecular weight excluding hydrogens is 336 g/mol. The molecule has 0 amide bonds. The second kappa shape index (κ2) is 7.95. The quantitative estimate of drug-likeness (QED) is 0.653. The van der Waals surface area contributed by atoms with Gasteiger partial charge in [0.15, 0.2) is 11.5 Å². The molecule has 26 heavy (non-hydrogen) atoms. The summed E-state index contributed by atoms with van der Waals surface area (Å²) < 4.78 is 11.2. The molecule has 1 saturated heterocycles. The number of benzene rings is 2. The molecule has 1 aliphatic rings. The lowest BCUT2D eigenvalue weighted by Gasteiger charge is -2.36. The van der Waals surface area contributed by atoms with Gasteiger partial charge in [0.05, 0.1) is 31.5 Å². The fourth-order valence-corrected chi connectivity index (χ4v) is 3.30. The number of phenols is 2. The van der Waals surface area contributed by atoms with Crippen LogP contribution in [0.3, 0.4) is 0 Å². The van der Waals surface area contributed by atoms with Crippen molar-refractivity contribution in [3.8, 4) is 17.2 Å². The second-order valence-corrected chi connectivity index (χ2v) is 6.66. The van der Waals surface area contributed by atoms with Gasteiger partial charge >= 0.3 is 0 Å². The molecule has 2 aromatic carbocycles. The minimum Gasteiger partial charge on any atom is -0.508 e. The highest BCUT2D eigenvalue weighted by Gasteiger charge is 2.33. The van der Waals surface area contributed by atoms with E-state index < -0.39 is 24.4 Å². The maximum atomic E-state index is 10.6. The summed E-state index contributed by atoms with van der Waals surface area (Å²) in [5, 5.41) is 39.9. The fraction of sp³-hybridized carbons (Fsp3) is 0.400. The third kappa shape index (κ3) is 4.27. The van der Waals surface area contributed by atoms with Gasteiger partial charge in [-0.05, 0) is 35.4 Å². The monoisotopic (exact) mass is 360 g/mol. The molecule has 1 unspecified atom stereocenters. The van der Waals surface area contributed by atoms with Crippen molar-refractivity contribution in [3.63, 3.8) is 0 Å². The highest BCUT2D eigenvalue weighted by Crippen LogP contribution is 2.37. The molecule has 3 rings (SSSR count). The van der Waals surface area contributed by atoms with Gasteiger partial charge in [-0.3, -0.25) is 0 Å². The number of aliphatic hydroxyl groups excluding tert-OH is 2. The van der Waals surface area contributed by atoms with Crippen molar-refractivity contribution < 1.29 is 29.9 Å². The van der Waals surface area contributed by atoms with Crippen molar-refractivity contribution in [3.05, 3.63) is 53.6 Å². The van der Waals surface area contributed by atoms with E-state index in [1.54, 1.807) is 36.4 Å². The van der Waals surface area contributed by atoms with E-state index in [0.717, 1.165) is 11.1 Å². The van der Waals surface area contributed by atoms with Gasteiger partial charge in [0.1, 0.15) is 5.75 Å². The normalized spacial score (nSPS) is 24.2. The van der Waals surface area contributed by atoms with Crippen LogP contribution in [0, 0.1) is 0 Å². The number of aromatic hydroxyl groups is 2. The van der Waals surface area contributed by atoms with Crippen LogP contribution in [0.15, 0.2) is 42.5 Å². The number of aliphatic hydroxyl groups is 2. The van der Waals surface area contributed by atoms with E-state index in [9.17, 15) is 20.4 Å². The number of ether oxygens (including phenoxy) is 2. The van der Waals surface area contributed by atoms with E-state index in [1.807, 2.05) is 0 Å². The van der Waals surface area contributed by atoms with Crippen LogP contribution in [-0.2, 0) is 11.2 Å². The first-order chi connectivity index (χ1) is 12.5.